The third-order valence-corrected chi connectivity index (χ3v) is 5.75. The zero-order valence-electron chi connectivity index (χ0n) is 16.1. The lowest BCUT2D eigenvalue weighted by atomic mass is 9.74. The number of benzene rings is 2. The van der Waals surface area contributed by atoms with Crippen LogP contribution in [0.5, 0.6) is 11.5 Å². The molecule has 6 heteroatoms. The van der Waals surface area contributed by atoms with E-state index in [0.29, 0.717) is 32.1 Å². The quantitative estimate of drug-likeness (QED) is 0.564. The van der Waals surface area contributed by atoms with E-state index in [1.807, 2.05) is 43.3 Å². The van der Waals surface area contributed by atoms with Crippen molar-refractivity contribution in [2.24, 2.45) is 0 Å². The number of halogens is 1. The van der Waals surface area contributed by atoms with Crippen LogP contribution in [-0.4, -0.2) is 38.9 Å². The van der Waals surface area contributed by atoms with Crippen LogP contribution in [0.15, 0.2) is 48.5 Å². The summed E-state index contributed by atoms with van der Waals surface area (Å²) in [6, 6.07) is 15.8. The maximum absolute atomic E-state index is 12.3. The Labute approximate surface area is 179 Å². The number of hydrogen-bond acceptors (Lipinski definition) is 4. The number of nitrogens with one attached hydrogen (secondary N) is 1. The van der Waals surface area contributed by atoms with E-state index in [1.54, 1.807) is 0 Å². The Morgan fingerprint density at radius 3 is 2.29 bits per heavy atom. The van der Waals surface area contributed by atoms with Crippen LogP contribution < -0.4 is 14.8 Å². The summed E-state index contributed by atoms with van der Waals surface area (Å²) in [4.78, 5) is 12.3. The molecule has 1 heterocycles. The molecule has 5 nitrogen and oxygen atoms in total. The second kappa shape index (κ2) is 10.1. The van der Waals surface area contributed by atoms with Crippen LogP contribution >= 0.6 is 22.6 Å². The van der Waals surface area contributed by atoms with Crippen LogP contribution in [0.4, 0.5) is 0 Å². The van der Waals surface area contributed by atoms with Gasteiger partial charge in [0.25, 0.3) is 5.91 Å². The summed E-state index contributed by atoms with van der Waals surface area (Å²) in [5.41, 5.74) is 1.08. The fraction of sp³-hybridized carbons (Fsp3) is 0.409. The molecular formula is C22H26INO4. The Morgan fingerprint density at radius 1 is 1.04 bits per heavy atom. The summed E-state index contributed by atoms with van der Waals surface area (Å²) in [7, 11) is 0. The first-order valence-corrected chi connectivity index (χ1v) is 10.7. The number of rotatable bonds is 8. The number of carbonyl (C=O) groups excluding carboxylic acids is 1. The molecule has 0 saturated carbocycles. The Kier molecular flexibility index (Phi) is 7.56. The summed E-state index contributed by atoms with van der Waals surface area (Å²) in [5, 5.41) is 3.06. The van der Waals surface area contributed by atoms with Crippen molar-refractivity contribution in [3.05, 3.63) is 57.7 Å². The third-order valence-electron chi connectivity index (χ3n) is 5.04. The molecule has 1 fully saturated rings. The van der Waals surface area contributed by atoms with Gasteiger partial charge in [0.1, 0.15) is 11.5 Å². The minimum absolute atomic E-state index is 0.0104. The standard InChI is InChI=1S/C22H26INO4/c1-2-27-19-7-3-17(4-8-19)22(11-13-26-14-12-22)16-24-21(25)15-28-20-9-5-18(23)6-10-20/h3-10H,2,11-16H2,1H3,(H,24,25). The number of hydrogen-bond donors (Lipinski definition) is 1. The molecule has 0 aliphatic carbocycles. The van der Waals surface area contributed by atoms with Crippen LogP contribution in [0.1, 0.15) is 25.3 Å². The van der Waals surface area contributed by atoms with Crippen LogP contribution in [0.2, 0.25) is 0 Å². The number of amides is 1. The van der Waals surface area contributed by atoms with Gasteiger partial charge in [-0.1, -0.05) is 12.1 Å². The van der Waals surface area contributed by atoms with Gasteiger partial charge in [-0.3, -0.25) is 4.79 Å². The van der Waals surface area contributed by atoms with E-state index in [0.717, 1.165) is 22.2 Å². The van der Waals surface area contributed by atoms with Crippen molar-refractivity contribution >= 4 is 28.5 Å². The highest BCUT2D eigenvalue weighted by atomic mass is 127. The Balaban J connectivity index is 1.60. The zero-order chi connectivity index (χ0) is 19.8. The minimum Gasteiger partial charge on any atom is -0.494 e. The summed E-state index contributed by atoms with van der Waals surface area (Å²) in [6.07, 6.45) is 1.75. The Hall–Kier alpha value is -1.80. The van der Waals surface area contributed by atoms with Crippen molar-refractivity contribution in [2.75, 3.05) is 33.0 Å². The highest BCUT2D eigenvalue weighted by molar-refractivity contribution is 14.1. The van der Waals surface area contributed by atoms with Gasteiger partial charge < -0.3 is 19.5 Å². The summed E-state index contributed by atoms with van der Waals surface area (Å²) >= 11 is 2.24. The fourth-order valence-electron chi connectivity index (χ4n) is 3.40. The molecule has 1 saturated heterocycles. The van der Waals surface area contributed by atoms with Crippen LogP contribution in [-0.2, 0) is 14.9 Å². The monoisotopic (exact) mass is 495 g/mol. The van der Waals surface area contributed by atoms with Crippen molar-refractivity contribution < 1.29 is 19.0 Å². The average molecular weight is 495 g/mol. The molecule has 0 atom stereocenters. The van der Waals surface area contributed by atoms with E-state index < -0.39 is 0 Å². The topological polar surface area (TPSA) is 56.8 Å². The second-order valence-electron chi connectivity index (χ2n) is 6.87. The van der Waals surface area contributed by atoms with Crippen molar-refractivity contribution in [1.29, 1.82) is 0 Å². The van der Waals surface area contributed by atoms with E-state index >= 15 is 0 Å². The van der Waals surface area contributed by atoms with Gasteiger partial charge >= 0.3 is 0 Å². The lowest BCUT2D eigenvalue weighted by Gasteiger charge is -2.38. The molecular weight excluding hydrogens is 469 g/mol. The van der Waals surface area contributed by atoms with Gasteiger partial charge in [0.15, 0.2) is 6.61 Å². The van der Waals surface area contributed by atoms with Gasteiger partial charge in [0, 0.05) is 28.7 Å². The van der Waals surface area contributed by atoms with Crippen LogP contribution in [0, 0.1) is 3.57 Å². The molecule has 150 valence electrons. The summed E-state index contributed by atoms with van der Waals surface area (Å²) in [6.45, 7) is 4.59. The molecule has 0 radical (unpaired) electrons. The lowest BCUT2D eigenvalue weighted by molar-refractivity contribution is -0.123. The van der Waals surface area contributed by atoms with Gasteiger partial charge in [-0.15, -0.1) is 0 Å². The second-order valence-corrected chi connectivity index (χ2v) is 8.12. The summed E-state index contributed by atoms with van der Waals surface area (Å²) < 4.78 is 17.8. The lowest BCUT2D eigenvalue weighted by Crippen LogP contribution is -2.45. The van der Waals surface area contributed by atoms with E-state index in [4.69, 9.17) is 14.2 Å². The average Bonchev–Trinajstić information content (AvgIpc) is 2.73. The first-order chi connectivity index (χ1) is 13.6. The molecule has 1 amide bonds. The van der Waals surface area contributed by atoms with Gasteiger partial charge in [-0.2, -0.15) is 0 Å². The maximum Gasteiger partial charge on any atom is 0.257 e. The minimum atomic E-state index is -0.123. The molecule has 1 N–H and O–H groups in total. The maximum atomic E-state index is 12.3. The van der Waals surface area contributed by atoms with E-state index in [1.165, 1.54) is 5.56 Å². The van der Waals surface area contributed by atoms with Crippen molar-refractivity contribution in [1.82, 2.24) is 5.32 Å². The smallest absolute Gasteiger partial charge is 0.257 e. The van der Waals surface area contributed by atoms with E-state index in [2.05, 4.69) is 40.0 Å². The van der Waals surface area contributed by atoms with E-state index in [-0.39, 0.29) is 17.9 Å². The van der Waals surface area contributed by atoms with E-state index in [9.17, 15) is 4.79 Å². The van der Waals surface area contributed by atoms with Gasteiger partial charge in [0.05, 0.1) is 6.61 Å². The molecule has 0 bridgehead atoms. The molecule has 0 spiro atoms. The molecule has 0 unspecified atom stereocenters. The first kappa shape index (κ1) is 20.9. The normalized spacial score (nSPS) is 15.6. The van der Waals surface area contributed by atoms with Crippen LogP contribution in [0.3, 0.4) is 0 Å². The predicted molar refractivity (Wildman–Crippen MR) is 117 cm³/mol. The number of carbonyl (C=O) groups is 1. The fourth-order valence-corrected chi connectivity index (χ4v) is 3.76. The number of ether oxygens (including phenoxy) is 3. The van der Waals surface area contributed by atoms with Gasteiger partial charge in [-0.05, 0) is 84.3 Å². The Bertz CT molecular complexity index is 755. The Morgan fingerprint density at radius 2 is 1.64 bits per heavy atom. The van der Waals surface area contributed by atoms with Gasteiger partial charge in [0.2, 0.25) is 0 Å². The molecule has 2 aromatic carbocycles. The van der Waals surface area contributed by atoms with Crippen LogP contribution in [0.25, 0.3) is 0 Å². The van der Waals surface area contributed by atoms with Crippen molar-refractivity contribution in [2.45, 2.75) is 25.2 Å². The third kappa shape index (κ3) is 5.61. The largest absolute Gasteiger partial charge is 0.494 e. The molecule has 1 aliphatic heterocycles. The highest BCUT2D eigenvalue weighted by Crippen LogP contribution is 2.35. The highest BCUT2D eigenvalue weighted by Gasteiger charge is 2.34. The molecule has 0 aromatic heterocycles. The molecule has 3 rings (SSSR count). The molecule has 1 aliphatic rings. The van der Waals surface area contributed by atoms with Crippen molar-refractivity contribution in [3.63, 3.8) is 0 Å². The summed E-state index contributed by atoms with van der Waals surface area (Å²) in [5.74, 6) is 1.45. The zero-order valence-corrected chi connectivity index (χ0v) is 18.2. The molecule has 2 aromatic rings. The SMILES string of the molecule is CCOc1ccc(C2(CNC(=O)COc3ccc(I)cc3)CCOCC2)cc1. The van der Waals surface area contributed by atoms with Crippen molar-refractivity contribution in [3.8, 4) is 11.5 Å². The van der Waals surface area contributed by atoms with Gasteiger partial charge in [-0.25, -0.2) is 0 Å². The molecule has 28 heavy (non-hydrogen) atoms. The predicted octanol–water partition coefficient (Wildman–Crippen LogP) is 3.93. The first-order valence-electron chi connectivity index (χ1n) is 9.57.